The van der Waals surface area contributed by atoms with E-state index in [1.54, 1.807) is 7.05 Å². The minimum Gasteiger partial charge on any atom is -0.316 e. The third kappa shape index (κ3) is 3.99. The molecule has 0 saturated carbocycles. The number of rotatable bonds is 3. The zero-order valence-electron chi connectivity index (χ0n) is 8.05. The van der Waals surface area contributed by atoms with Gasteiger partial charge in [-0.05, 0) is 19.5 Å². The van der Waals surface area contributed by atoms with Crippen molar-refractivity contribution in [2.24, 2.45) is 0 Å². The quantitative estimate of drug-likeness (QED) is 0.542. The summed E-state index contributed by atoms with van der Waals surface area (Å²) in [6.45, 7) is 5.10. The average molecular weight is 207 g/mol. The molecule has 0 atom stereocenters. The average Bonchev–Trinajstić information content (AvgIpc) is 1.82. The van der Waals surface area contributed by atoms with Crippen LogP contribution < -0.4 is 5.32 Å². The van der Waals surface area contributed by atoms with Crippen molar-refractivity contribution in [1.82, 2.24) is 5.32 Å². The smallest absolute Gasteiger partial charge is 0.316 e. The third-order valence-corrected chi connectivity index (χ3v) is 2.08. The Labute approximate surface area is 84.1 Å². The Balaban J connectivity index is 5.01. The molecule has 0 rings (SSSR count). The van der Waals surface area contributed by atoms with Gasteiger partial charge in [0.05, 0.1) is 0 Å². The SMILES string of the molecule is C=[C]([AlH2])/C(=C(\C)CNC)C(F)(F)F. The summed E-state index contributed by atoms with van der Waals surface area (Å²) >= 11 is 0.338. The number of hydrogen-bond donors (Lipinski definition) is 1. The van der Waals surface area contributed by atoms with Gasteiger partial charge in [-0.25, -0.2) is 0 Å². The van der Waals surface area contributed by atoms with Gasteiger partial charge in [0.1, 0.15) is 0 Å². The second-order valence-electron chi connectivity index (χ2n) is 2.96. The highest BCUT2D eigenvalue weighted by molar-refractivity contribution is 6.24. The second-order valence-corrected chi connectivity index (χ2v) is 4.17. The highest BCUT2D eigenvalue weighted by atomic mass is 27.0. The van der Waals surface area contributed by atoms with Crippen molar-refractivity contribution in [2.45, 2.75) is 13.1 Å². The maximum Gasteiger partial charge on any atom is 0.415 e. The lowest BCUT2D eigenvalue weighted by molar-refractivity contribution is -0.0894. The summed E-state index contributed by atoms with van der Waals surface area (Å²) in [5, 5.41) is 2.69. The van der Waals surface area contributed by atoms with Gasteiger partial charge in [-0.1, -0.05) is 0 Å². The van der Waals surface area contributed by atoms with E-state index in [2.05, 4.69) is 11.9 Å². The molecule has 0 saturated heterocycles. The number of hydrogen-bond acceptors (Lipinski definition) is 1. The van der Waals surface area contributed by atoms with Crippen molar-refractivity contribution in [3.63, 3.8) is 0 Å². The van der Waals surface area contributed by atoms with Gasteiger partial charge in [-0.3, -0.25) is 0 Å². The molecule has 0 aliphatic carbocycles. The van der Waals surface area contributed by atoms with E-state index in [1.165, 1.54) is 6.92 Å². The van der Waals surface area contributed by atoms with Gasteiger partial charge in [-0.2, -0.15) is 13.2 Å². The van der Waals surface area contributed by atoms with Crippen LogP contribution in [0.4, 0.5) is 13.2 Å². The molecule has 0 aromatic heterocycles. The zero-order chi connectivity index (χ0) is 10.6. The summed E-state index contributed by atoms with van der Waals surface area (Å²) in [5.74, 6) is 0. The second kappa shape index (κ2) is 4.85. The van der Waals surface area contributed by atoms with E-state index in [1.807, 2.05) is 0 Å². The van der Waals surface area contributed by atoms with Crippen molar-refractivity contribution in [2.75, 3.05) is 13.6 Å². The van der Waals surface area contributed by atoms with Gasteiger partial charge < -0.3 is 5.32 Å². The summed E-state index contributed by atoms with van der Waals surface area (Å²) < 4.78 is 37.5. The molecule has 0 heterocycles. The third-order valence-electron chi connectivity index (χ3n) is 1.58. The Bertz CT molecular complexity index is 230. The monoisotopic (exact) mass is 207 g/mol. The summed E-state index contributed by atoms with van der Waals surface area (Å²) in [6, 6.07) is 0. The largest absolute Gasteiger partial charge is 0.415 e. The fraction of sp³-hybridized carbons (Fsp3) is 0.500. The summed E-state index contributed by atoms with van der Waals surface area (Å²) in [7, 11) is 1.62. The molecule has 0 fully saturated rings. The summed E-state index contributed by atoms with van der Waals surface area (Å²) in [6.07, 6.45) is -4.26. The van der Waals surface area contributed by atoms with Crippen LogP contribution in [0.5, 0.6) is 0 Å². The molecule has 0 bridgehead atoms. The molecule has 0 aliphatic rings. The van der Waals surface area contributed by atoms with Crippen molar-refractivity contribution in [3.8, 4) is 0 Å². The number of alkyl halides is 3. The lowest BCUT2D eigenvalue weighted by atomic mass is 10.1. The number of likely N-dealkylation sites (N-methyl/N-ethyl adjacent to an activating group) is 1. The Morgan fingerprint density at radius 1 is 1.46 bits per heavy atom. The molecule has 0 amide bonds. The van der Waals surface area contributed by atoms with Crippen LogP contribution in [0.1, 0.15) is 6.92 Å². The van der Waals surface area contributed by atoms with Crippen LogP contribution in [-0.4, -0.2) is 36.1 Å². The van der Waals surface area contributed by atoms with E-state index >= 15 is 0 Å². The molecule has 0 spiro atoms. The molecule has 5 heteroatoms. The van der Waals surface area contributed by atoms with Crippen LogP contribution in [0.25, 0.3) is 0 Å². The van der Waals surface area contributed by atoms with E-state index in [-0.39, 0.29) is 11.0 Å². The lowest BCUT2D eigenvalue weighted by Gasteiger charge is -2.15. The lowest BCUT2D eigenvalue weighted by Crippen LogP contribution is -2.20. The van der Waals surface area contributed by atoms with Crippen LogP contribution in [-0.2, 0) is 0 Å². The Morgan fingerprint density at radius 3 is 2.15 bits per heavy atom. The van der Waals surface area contributed by atoms with E-state index < -0.39 is 11.7 Å². The molecule has 0 unspecified atom stereocenters. The van der Waals surface area contributed by atoms with Crippen LogP contribution in [0.3, 0.4) is 0 Å². The number of allylic oxidation sites excluding steroid dienone is 2. The topological polar surface area (TPSA) is 12.0 Å². The summed E-state index contributed by atoms with van der Waals surface area (Å²) in [4.78, 5) is 0. The zero-order valence-corrected chi connectivity index (χ0v) is 10.0. The van der Waals surface area contributed by atoms with Crippen molar-refractivity contribution < 1.29 is 13.2 Å². The van der Waals surface area contributed by atoms with Gasteiger partial charge in [0, 0.05) is 12.1 Å². The normalized spacial score (nSPS) is 13.9. The number of nitrogens with one attached hydrogen (secondary N) is 1. The van der Waals surface area contributed by atoms with E-state index in [0.29, 0.717) is 21.9 Å². The predicted octanol–water partition coefficient (Wildman–Crippen LogP) is 1.23. The maximum atomic E-state index is 12.4. The Kier molecular flexibility index (Phi) is 4.76. The van der Waals surface area contributed by atoms with E-state index in [4.69, 9.17) is 0 Å². The molecule has 0 aliphatic heterocycles. The van der Waals surface area contributed by atoms with Crippen LogP contribution in [0, 0.1) is 0 Å². The van der Waals surface area contributed by atoms with Crippen LogP contribution in [0.15, 0.2) is 22.2 Å². The first-order valence-corrected chi connectivity index (χ1v) is 4.88. The minimum absolute atomic E-state index is 0.195. The fourth-order valence-corrected chi connectivity index (χ4v) is 1.91. The standard InChI is InChI=1S/C8H11F3N.Al.2H/c1-4-7(8(9,10)11)6(2)5-12-3;;;/h12H,1,5H2,2-3H3;;;/b7-6-;;;. The molecular weight excluding hydrogens is 194 g/mol. The highest BCUT2D eigenvalue weighted by Crippen LogP contribution is 2.31. The van der Waals surface area contributed by atoms with Crippen molar-refractivity contribution in [1.29, 1.82) is 0 Å². The van der Waals surface area contributed by atoms with E-state index in [9.17, 15) is 13.2 Å². The Hall–Kier alpha value is -0.238. The number of halogens is 3. The first kappa shape index (κ1) is 12.8. The van der Waals surface area contributed by atoms with E-state index in [0.717, 1.165) is 0 Å². The molecule has 1 nitrogen and oxygen atoms in total. The highest BCUT2D eigenvalue weighted by Gasteiger charge is 2.34. The first-order valence-electron chi connectivity index (χ1n) is 3.88. The molecule has 74 valence electrons. The molecular formula is C8H13AlF3N. The molecule has 1 N–H and O–H groups in total. The van der Waals surface area contributed by atoms with Gasteiger partial charge in [0.15, 0.2) is 0 Å². The van der Waals surface area contributed by atoms with Gasteiger partial charge in [0.25, 0.3) is 16.3 Å². The van der Waals surface area contributed by atoms with Crippen molar-refractivity contribution >= 4 is 16.3 Å². The molecule has 0 aromatic rings. The predicted molar refractivity (Wildman–Crippen MR) is 50.4 cm³/mol. The summed E-state index contributed by atoms with van der Waals surface area (Å²) in [5.41, 5.74) is -0.247. The maximum absolute atomic E-state index is 12.4. The molecule has 0 aromatic carbocycles. The molecule has 0 radical (unpaired) electrons. The van der Waals surface area contributed by atoms with Gasteiger partial charge in [-0.15, -0.1) is 11.0 Å². The van der Waals surface area contributed by atoms with Gasteiger partial charge in [0.2, 0.25) is 0 Å². The Morgan fingerprint density at radius 2 is 1.92 bits per heavy atom. The first-order chi connectivity index (χ1) is 5.80. The van der Waals surface area contributed by atoms with Crippen LogP contribution in [0.2, 0.25) is 0 Å². The van der Waals surface area contributed by atoms with Crippen LogP contribution >= 0.6 is 0 Å². The molecule has 13 heavy (non-hydrogen) atoms. The van der Waals surface area contributed by atoms with Crippen molar-refractivity contribution in [3.05, 3.63) is 22.2 Å². The van der Waals surface area contributed by atoms with Gasteiger partial charge >= 0.3 is 6.18 Å². The minimum atomic E-state index is -4.26. The fourth-order valence-electron chi connectivity index (χ4n) is 1.20.